The van der Waals surface area contributed by atoms with Gasteiger partial charge in [-0.2, -0.15) is 5.10 Å². The zero-order valence-electron chi connectivity index (χ0n) is 13.3. The first-order valence-corrected chi connectivity index (χ1v) is 8.32. The number of aromatic nitrogens is 2. The van der Waals surface area contributed by atoms with Crippen molar-refractivity contribution < 1.29 is 4.79 Å². The van der Waals surface area contributed by atoms with Crippen molar-refractivity contribution >= 4 is 24.1 Å². The maximum absolute atomic E-state index is 12.3. The molecule has 3 heterocycles. The fraction of sp³-hybridized carbons (Fsp3) is 0.750. The summed E-state index contributed by atoms with van der Waals surface area (Å²) in [6, 6.07) is 3.19. The second kappa shape index (κ2) is 7.97. The summed E-state index contributed by atoms with van der Waals surface area (Å²) in [5.41, 5.74) is 0. The molecular weight excluding hydrogens is 300 g/mol. The Labute approximate surface area is 138 Å². The minimum atomic E-state index is 0. The number of nitrogens with zero attached hydrogens (tertiary/aromatic N) is 2. The van der Waals surface area contributed by atoms with Gasteiger partial charge in [0, 0.05) is 31.1 Å². The molecule has 1 amide bonds. The smallest absolute Gasteiger partial charge is 0.225 e. The number of aryl methyl sites for hydroxylation is 1. The number of hydrogen-bond acceptors (Lipinski definition) is 3. The van der Waals surface area contributed by atoms with Crippen LogP contribution in [0.15, 0.2) is 12.3 Å². The molecule has 2 saturated heterocycles. The summed E-state index contributed by atoms with van der Waals surface area (Å²) in [7, 11) is 0. The van der Waals surface area contributed by atoms with Gasteiger partial charge in [-0.05, 0) is 38.0 Å². The lowest BCUT2D eigenvalue weighted by molar-refractivity contribution is -0.117. The largest absolute Gasteiger partial charge is 0.311 e. The predicted molar refractivity (Wildman–Crippen MR) is 90.3 cm³/mol. The van der Waals surface area contributed by atoms with Gasteiger partial charge in [0.25, 0.3) is 0 Å². The Bertz CT molecular complexity index is 478. The molecule has 1 aromatic heterocycles. The summed E-state index contributed by atoms with van der Waals surface area (Å²) in [5.74, 6) is 1.51. The molecule has 0 saturated carbocycles. The standard InChI is InChI=1S/C16H26N4O.ClH/c1-2-3-8-20-15(6-7-17-20)19-16(21)11-12-9-13-4-5-14(10-12)18-13;/h6-7,12-14,18H,2-5,8-11H2,1H3,(H,19,21);1H. The van der Waals surface area contributed by atoms with Crippen molar-refractivity contribution in [3.63, 3.8) is 0 Å². The van der Waals surface area contributed by atoms with E-state index in [4.69, 9.17) is 0 Å². The molecule has 5 nitrogen and oxygen atoms in total. The van der Waals surface area contributed by atoms with Gasteiger partial charge in [0.15, 0.2) is 0 Å². The Morgan fingerprint density at radius 2 is 2.14 bits per heavy atom. The third-order valence-electron chi connectivity index (χ3n) is 4.75. The van der Waals surface area contributed by atoms with E-state index in [0.717, 1.165) is 38.0 Å². The topological polar surface area (TPSA) is 59.0 Å². The van der Waals surface area contributed by atoms with Crippen molar-refractivity contribution in [2.24, 2.45) is 5.92 Å². The van der Waals surface area contributed by atoms with E-state index in [9.17, 15) is 4.79 Å². The average molecular weight is 327 g/mol. The van der Waals surface area contributed by atoms with E-state index >= 15 is 0 Å². The monoisotopic (exact) mass is 326 g/mol. The Morgan fingerprint density at radius 3 is 2.82 bits per heavy atom. The van der Waals surface area contributed by atoms with Crippen LogP contribution in [0.3, 0.4) is 0 Å². The van der Waals surface area contributed by atoms with Crippen LogP contribution in [0.2, 0.25) is 0 Å². The fourth-order valence-corrected chi connectivity index (χ4v) is 3.72. The van der Waals surface area contributed by atoms with E-state index in [-0.39, 0.29) is 18.3 Å². The van der Waals surface area contributed by atoms with Gasteiger partial charge < -0.3 is 10.6 Å². The zero-order chi connectivity index (χ0) is 14.7. The maximum Gasteiger partial charge on any atom is 0.225 e. The van der Waals surface area contributed by atoms with Crippen molar-refractivity contribution in [3.05, 3.63) is 12.3 Å². The third kappa shape index (κ3) is 4.23. The molecule has 0 radical (unpaired) electrons. The van der Waals surface area contributed by atoms with Crippen LogP contribution in [0.25, 0.3) is 0 Å². The Hall–Kier alpha value is -1.07. The van der Waals surface area contributed by atoms with Crippen LogP contribution in [0, 0.1) is 5.92 Å². The van der Waals surface area contributed by atoms with Crippen molar-refractivity contribution in [2.45, 2.75) is 70.5 Å². The quantitative estimate of drug-likeness (QED) is 0.845. The highest BCUT2D eigenvalue weighted by atomic mass is 35.5. The van der Waals surface area contributed by atoms with Crippen LogP contribution in [0.4, 0.5) is 5.82 Å². The summed E-state index contributed by atoms with van der Waals surface area (Å²) in [6.07, 6.45) is 9.49. The van der Waals surface area contributed by atoms with Gasteiger partial charge in [0.1, 0.15) is 5.82 Å². The molecular formula is C16H27ClN4O. The van der Waals surface area contributed by atoms with Crippen LogP contribution >= 0.6 is 12.4 Å². The molecule has 0 aromatic carbocycles. The number of halogens is 1. The molecule has 22 heavy (non-hydrogen) atoms. The number of amides is 1. The molecule has 2 unspecified atom stereocenters. The molecule has 2 N–H and O–H groups in total. The van der Waals surface area contributed by atoms with Crippen molar-refractivity contribution in [3.8, 4) is 0 Å². The molecule has 2 aliphatic heterocycles. The summed E-state index contributed by atoms with van der Waals surface area (Å²) >= 11 is 0. The number of fused-ring (bicyclic) bond motifs is 2. The van der Waals surface area contributed by atoms with E-state index in [1.807, 2.05) is 10.7 Å². The van der Waals surface area contributed by atoms with E-state index in [1.165, 1.54) is 12.8 Å². The molecule has 0 aliphatic carbocycles. The third-order valence-corrected chi connectivity index (χ3v) is 4.75. The van der Waals surface area contributed by atoms with Gasteiger partial charge in [-0.15, -0.1) is 12.4 Å². The van der Waals surface area contributed by atoms with Crippen LogP contribution in [-0.4, -0.2) is 27.8 Å². The molecule has 2 bridgehead atoms. The minimum Gasteiger partial charge on any atom is -0.311 e. The molecule has 1 aromatic rings. The zero-order valence-corrected chi connectivity index (χ0v) is 14.1. The summed E-state index contributed by atoms with van der Waals surface area (Å²) < 4.78 is 1.90. The van der Waals surface area contributed by atoms with Crippen LogP contribution < -0.4 is 10.6 Å². The van der Waals surface area contributed by atoms with Crippen molar-refractivity contribution in [1.82, 2.24) is 15.1 Å². The fourth-order valence-electron chi connectivity index (χ4n) is 3.72. The number of hydrogen-bond donors (Lipinski definition) is 2. The molecule has 0 spiro atoms. The number of nitrogens with one attached hydrogen (secondary N) is 2. The van der Waals surface area contributed by atoms with Gasteiger partial charge in [0.05, 0.1) is 6.20 Å². The second-order valence-electron chi connectivity index (χ2n) is 6.52. The minimum absolute atomic E-state index is 0. The highest BCUT2D eigenvalue weighted by Gasteiger charge is 2.34. The van der Waals surface area contributed by atoms with Gasteiger partial charge >= 0.3 is 0 Å². The van der Waals surface area contributed by atoms with E-state index in [1.54, 1.807) is 6.20 Å². The van der Waals surface area contributed by atoms with Crippen LogP contribution in [0.1, 0.15) is 51.9 Å². The van der Waals surface area contributed by atoms with Gasteiger partial charge in [0.2, 0.25) is 5.91 Å². The van der Waals surface area contributed by atoms with E-state index < -0.39 is 0 Å². The van der Waals surface area contributed by atoms with Gasteiger partial charge in [-0.1, -0.05) is 13.3 Å². The number of rotatable bonds is 6. The number of anilines is 1. The molecule has 124 valence electrons. The average Bonchev–Trinajstić information content (AvgIpc) is 3.03. The van der Waals surface area contributed by atoms with Crippen molar-refractivity contribution in [1.29, 1.82) is 0 Å². The SMILES string of the molecule is CCCCn1nccc1NC(=O)CC1CC2CCC(C1)N2.Cl. The lowest BCUT2D eigenvalue weighted by atomic mass is 9.89. The first kappa shape index (κ1) is 17.3. The van der Waals surface area contributed by atoms with E-state index in [2.05, 4.69) is 22.7 Å². The Morgan fingerprint density at radius 1 is 1.41 bits per heavy atom. The van der Waals surface area contributed by atoms with Crippen LogP contribution in [0.5, 0.6) is 0 Å². The van der Waals surface area contributed by atoms with Gasteiger partial charge in [-0.25, -0.2) is 4.68 Å². The maximum atomic E-state index is 12.3. The Kier molecular flexibility index (Phi) is 6.26. The number of carbonyl (C=O) groups is 1. The lowest BCUT2D eigenvalue weighted by Gasteiger charge is -2.28. The summed E-state index contributed by atoms with van der Waals surface area (Å²) in [5, 5.41) is 10.9. The lowest BCUT2D eigenvalue weighted by Crippen LogP contribution is -2.39. The highest BCUT2D eigenvalue weighted by molar-refractivity contribution is 5.90. The number of carbonyl (C=O) groups excluding carboxylic acids is 1. The molecule has 3 rings (SSSR count). The molecule has 2 atom stereocenters. The second-order valence-corrected chi connectivity index (χ2v) is 6.52. The van der Waals surface area contributed by atoms with Crippen molar-refractivity contribution in [2.75, 3.05) is 5.32 Å². The Balaban J connectivity index is 0.00000176. The van der Waals surface area contributed by atoms with Gasteiger partial charge in [-0.3, -0.25) is 4.79 Å². The van der Waals surface area contributed by atoms with E-state index in [0.29, 0.717) is 24.4 Å². The molecule has 6 heteroatoms. The first-order chi connectivity index (χ1) is 10.2. The molecule has 2 aliphatic rings. The number of piperidine rings is 1. The number of unbranched alkanes of at least 4 members (excludes halogenated alkanes) is 1. The normalized spacial score (nSPS) is 26.5. The predicted octanol–water partition coefficient (Wildman–Crippen LogP) is 2.96. The summed E-state index contributed by atoms with van der Waals surface area (Å²) in [6.45, 7) is 3.03. The summed E-state index contributed by atoms with van der Waals surface area (Å²) in [4.78, 5) is 12.3. The molecule has 2 fully saturated rings. The van der Waals surface area contributed by atoms with Crippen LogP contribution in [-0.2, 0) is 11.3 Å². The first-order valence-electron chi connectivity index (χ1n) is 8.32. The highest BCUT2D eigenvalue weighted by Crippen LogP contribution is 2.32.